The summed E-state index contributed by atoms with van der Waals surface area (Å²) < 4.78 is 26.2. The minimum atomic E-state index is -0.615. The molecule has 2 heterocycles. The first kappa shape index (κ1) is 11.3. The maximum absolute atomic E-state index is 13.1. The molecule has 1 aromatic carbocycles. The van der Waals surface area contributed by atoms with Gasteiger partial charge in [-0.25, -0.2) is 13.8 Å². The van der Waals surface area contributed by atoms with Gasteiger partial charge in [0.05, 0.1) is 11.2 Å². The summed E-state index contributed by atoms with van der Waals surface area (Å²) in [5, 5.41) is 5.77. The largest absolute Gasteiger partial charge is 0.387 e. The molecule has 0 unspecified atom stereocenters. The molecule has 0 bridgehead atoms. The van der Waals surface area contributed by atoms with Crippen LogP contribution < -0.4 is 0 Å². The van der Waals surface area contributed by atoms with Crippen LogP contribution in [0.1, 0.15) is 23.8 Å². The molecule has 0 fully saturated rings. The fourth-order valence-corrected chi connectivity index (χ4v) is 2.38. The number of rotatable bonds is 2. The highest BCUT2D eigenvalue weighted by atomic mass is 32.1. The standard InChI is InChI=1S/C12H8F2N2OS/c13-8-1-7(2-9(14)3-8)12-4-10(16-17-12)11-5-18-6-15-11/h1-3,5-6,12H,4H2/t12-/m1/s1. The van der Waals surface area contributed by atoms with E-state index in [-0.39, 0.29) is 0 Å². The van der Waals surface area contributed by atoms with Crippen molar-refractivity contribution in [2.75, 3.05) is 0 Å². The molecule has 3 rings (SSSR count). The highest BCUT2D eigenvalue weighted by Crippen LogP contribution is 2.30. The third kappa shape index (κ3) is 2.11. The summed E-state index contributed by atoms with van der Waals surface area (Å²) in [5.41, 5.74) is 3.60. The highest BCUT2D eigenvalue weighted by Gasteiger charge is 2.25. The second-order valence-electron chi connectivity index (χ2n) is 3.91. The number of hydrogen-bond acceptors (Lipinski definition) is 4. The van der Waals surface area contributed by atoms with E-state index in [0.29, 0.717) is 17.7 Å². The van der Waals surface area contributed by atoms with Crippen molar-refractivity contribution in [3.05, 3.63) is 52.0 Å². The van der Waals surface area contributed by atoms with E-state index in [1.54, 1.807) is 5.51 Å². The highest BCUT2D eigenvalue weighted by molar-refractivity contribution is 7.07. The van der Waals surface area contributed by atoms with Gasteiger partial charge in [-0.1, -0.05) is 5.16 Å². The van der Waals surface area contributed by atoms with E-state index in [0.717, 1.165) is 11.8 Å². The van der Waals surface area contributed by atoms with Crippen LogP contribution in [-0.2, 0) is 4.84 Å². The molecule has 18 heavy (non-hydrogen) atoms. The average molecular weight is 266 g/mol. The fourth-order valence-electron chi connectivity index (χ4n) is 1.82. The van der Waals surface area contributed by atoms with Gasteiger partial charge < -0.3 is 4.84 Å². The lowest BCUT2D eigenvalue weighted by Gasteiger charge is -2.08. The molecule has 0 aliphatic carbocycles. The van der Waals surface area contributed by atoms with Crippen molar-refractivity contribution in [3.8, 4) is 0 Å². The summed E-state index contributed by atoms with van der Waals surface area (Å²) in [5.74, 6) is -1.23. The Bertz CT molecular complexity index is 578. The molecular weight excluding hydrogens is 258 g/mol. The Balaban J connectivity index is 1.81. The van der Waals surface area contributed by atoms with E-state index in [4.69, 9.17) is 4.84 Å². The van der Waals surface area contributed by atoms with Gasteiger partial charge in [-0.05, 0) is 12.1 Å². The van der Waals surface area contributed by atoms with Crippen LogP contribution in [0.15, 0.2) is 34.2 Å². The molecule has 0 saturated heterocycles. The lowest BCUT2D eigenvalue weighted by atomic mass is 10.0. The zero-order valence-electron chi connectivity index (χ0n) is 9.14. The second-order valence-corrected chi connectivity index (χ2v) is 4.63. The van der Waals surface area contributed by atoms with Crippen molar-refractivity contribution in [1.29, 1.82) is 0 Å². The minimum Gasteiger partial charge on any atom is -0.387 e. The quantitative estimate of drug-likeness (QED) is 0.836. The van der Waals surface area contributed by atoms with Crippen LogP contribution >= 0.6 is 11.3 Å². The maximum atomic E-state index is 13.1. The van der Waals surface area contributed by atoms with Gasteiger partial charge in [0.25, 0.3) is 0 Å². The molecule has 6 heteroatoms. The first-order chi connectivity index (χ1) is 8.72. The van der Waals surface area contributed by atoms with Gasteiger partial charge in [0, 0.05) is 23.4 Å². The SMILES string of the molecule is Fc1cc(F)cc([C@H]2CC(c3cscn3)=NO2)c1. The smallest absolute Gasteiger partial charge is 0.158 e. The average Bonchev–Trinajstić information content (AvgIpc) is 2.99. The van der Waals surface area contributed by atoms with Crippen molar-refractivity contribution < 1.29 is 13.6 Å². The number of hydrogen-bond donors (Lipinski definition) is 0. The third-order valence-corrected chi connectivity index (χ3v) is 3.24. The number of thiazole rings is 1. The molecule has 0 N–H and O–H groups in total. The van der Waals surface area contributed by atoms with Gasteiger partial charge in [0.15, 0.2) is 6.10 Å². The molecular formula is C12H8F2N2OS. The summed E-state index contributed by atoms with van der Waals surface area (Å²) in [6.45, 7) is 0. The number of aromatic nitrogens is 1. The first-order valence-electron chi connectivity index (χ1n) is 5.29. The predicted octanol–water partition coefficient (Wildman–Crippen LogP) is 3.29. The summed E-state index contributed by atoms with van der Waals surface area (Å²) in [6, 6.07) is 3.35. The van der Waals surface area contributed by atoms with E-state index in [9.17, 15) is 8.78 Å². The topological polar surface area (TPSA) is 34.5 Å². The van der Waals surface area contributed by atoms with Crippen molar-refractivity contribution in [2.24, 2.45) is 5.16 Å². The van der Waals surface area contributed by atoms with Crippen LogP contribution in [-0.4, -0.2) is 10.7 Å². The molecule has 1 atom stereocenters. The number of benzene rings is 1. The monoisotopic (exact) mass is 266 g/mol. The number of oxime groups is 1. The fraction of sp³-hybridized carbons (Fsp3) is 0.167. The Morgan fingerprint density at radius 3 is 2.67 bits per heavy atom. The molecule has 0 spiro atoms. The molecule has 2 aromatic rings. The van der Waals surface area contributed by atoms with Gasteiger partial charge in [-0.2, -0.15) is 0 Å². The summed E-state index contributed by atoms with van der Waals surface area (Å²) in [6.07, 6.45) is 0.0130. The number of nitrogens with zero attached hydrogens (tertiary/aromatic N) is 2. The normalized spacial score (nSPS) is 18.6. The van der Waals surface area contributed by atoms with Crippen molar-refractivity contribution in [1.82, 2.24) is 4.98 Å². The Kier molecular flexibility index (Phi) is 2.79. The van der Waals surface area contributed by atoms with E-state index in [2.05, 4.69) is 10.1 Å². The molecule has 1 aliphatic heterocycles. The van der Waals surface area contributed by atoms with Crippen LogP contribution in [0.3, 0.4) is 0 Å². The zero-order chi connectivity index (χ0) is 12.5. The Morgan fingerprint density at radius 1 is 1.22 bits per heavy atom. The van der Waals surface area contributed by atoms with E-state index in [1.165, 1.54) is 23.5 Å². The van der Waals surface area contributed by atoms with Crippen LogP contribution in [0.4, 0.5) is 8.78 Å². The molecule has 0 radical (unpaired) electrons. The van der Waals surface area contributed by atoms with Gasteiger partial charge in [-0.15, -0.1) is 11.3 Å². The molecule has 1 aromatic heterocycles. The van der Waals surface area contributed by atoms with E-state index >= 15 is 0 Å². The van der Waals surface area contributed by atoms with Gasteiger partial charge >= 0.3 is 0 Å². The van der Waals surface area contributed by atoms with Crippen LogP contribution in [0, 0.1) is 11.6 Å². The van der Waals surface area contributed by atoms with Crippen LogP contribution in [0.5, 0.6) is 0 Å². The summed E-state index contributed by atoms with van der Waals surface area (Å²) in [4.78, 5) is 9.33. The molecule has 0 saturated carbocycles. The molecule has 1 aliphatic rings. The Hall–Kier alpha value is -1.82. The van der Waals surface area contributed by atoms with Crippen LogP contribution in [0.25, 0.3) is 0 Å². The summed E-state index contributed by atoms with van der Waals surface area (Å²) in [7, 11) is 0. The first-order valence-corrected chi connectivity index (χ1v) is 6.24. The Labute approximate surface area is 106 Å². The van der Waals surface area contributed by atoms with Crippen molar-refractivity contribution >= 4 is 17.0 Å². The second kappa shape index (κ2) is 4.45. The van der Waals surface area contributed by atoms with Gasteiger partial charge in [-0.3, -0.25) is 0 Å². The third-order valence-electron chi connectivity index (χ3n) is 2.65. The van der Waals surface area contributed by atoms with Crippen molar-refractivity contribution in [3.63, 3.8) is 0 Å². The zero-order valence-corrected chi connectivity index (χ0v) is 9.95. The lowest BCUT2D eigenvalue weighted by Crippen LogP contribution is -2.02. The number of halogens is 2. The molecule has 3 nitrogen and oxygen atoms in total. The van der Waals surface area contributed by atoms with Gasteiger partial charge in [0.1, 0.15) is 17.3 Å². The van der Waals surface area contributed by atoms with E-state index in [1.807, 2.05) is 5.38 Å². The van der Waals surface area contributed by atoms with Crippen molar-refractivity contribution in [2.45, 2.75) is 12.5 Å². The minimum absolute atomic E-state index is 0.446. The van der Waals surface area contributed by atoms with Gasteiger partial charge in [0.2, 0.25) is 0 Å². The van der Waals surface area contributed by atoms with Crippen LogP contribution in [0.2, 0.25) is 0 Å². The maximum Gasteiger partial charge on any atom is 0.158 e. The lowest BCUT2D eigenvalue weighted by molar-refractivity contribution is 0.0852. The van der Waals surface area contributed by atoms with E-state index < -0.39 is 17.7 Å². The predicted molar refractivity (Wildman–Crippen MR) is 63.5 cm³/mol. The molecule has 0 amide bonds. The summed E-state index contributed by atoms with van der Waals surface area (Å²) >= 11 is 1.46. The Morgan fingerprint density at radius 2 is 2.00 bits per heavy atom. The molecule has 92 valence electrons.